The predicted octanol–water partition coefficient (Wildman–Crippen LogP) is 3.60. The summed E-state index contributed by atoms with van der Waals surface area (Å²) in [5.74, 6) is 0.169. The Morgan fingerprint density at radius 2 is 1.74 bits per heavy atom. The number of amides is 2. The molecule has 2 aromatic rings. The van der Waals surface area contributed by atoms with Gasteiger partial charge in [-0.05, 0) is 42.0 Å². The number of piperazine rings is 1. The fraction of sp³-hybridized carbons (Fsp3) is 0.409. The van der Waals surface area contributed by atoms with E-state index in [9.17, 15) is 9.18 Å². The lowest BCUT2D eigenvalue weighted by Crippen LogP contribution is -2.54. The van der Waals surface area contributed by atoms with Crippen molar-refractivity contribution in [3.8, 4) is 0 Å². The molecule has 0 aromatic heterocycles. The van der Waals surface area contributed by atoms with Crippen LogP contribution in [0.4, 0.5) is 9.18 Å². The number of benzene rings is 2. The standard InChI is InChI=1S/C22H26FN3O/c23-20-8-4-7-18(13-20)19-14-21(15-19)24-22(27)26-11-9-25(10-12-26)16-17-5-2-1-3-6-17/h1-8,13,19,21H,9-12,14-16H2,(H,24,27). The molecule has 2 aromatic carbocycles. The highest BCUT2D eigenvalue weighted by Gasteiger charge is 2.33. The second-order valence-corrected chi connectivity index (χ2v) is 7.62. The maximum absolute atomic E-state index is 13.3. The van der Waals surface area contributed by atoms with Gasteiger partial charge < -0.3 is 10.2 Å². The van der Waals surface area contributed by atoms with Gasteiger partial charge in [-0.15, -0.1) is 0 Å². The first-order valence-corrected chi connectivity index (χ1v) is 9.74. The summed E-state index contributed by atoms with van der Waals surface area (Å²) in [5, 5.41) is 3.14. The van der Waals surface area contributed by atoms with E-state index in [1.807, 2.05) is 17.0 Å². The molecule has 1 saturated carbocycles. The zero-order valence-corrected chi connectivity index (χ0v) is 15.5. The van der Waals surface area contributed by atoms with E-state index in [0.717, 1.165) is 51.1 Å². The molecule has 0 bridgehead atoms. The Kier molecular flexibility index (Phi) is 5.39. The van der Waals surface area contributed by atoms with Gasteiger partial charge in [-0.25, -0.2) is 9.18 Å². The molecule has 2 aliphatic rings. The van der Waals surface area contributed by atoms with Crippen LogP contribution in [0.15, 0.2) is 54.6 Å². The van der Waals surface area contributed by atoms with Gasteiger partial charge in [0.25, 0.3) is 0 Å². The van der Waals surface area contributed by atoms with Crippen LogP contribution in [0.5, 0.6) is 0 Å². The summed E-state index contributed by atoms with van der Waals surface area (Å²) in [6.45, 7) is 4.27. The van der Waals surface area contributed by atoms with Crippen LogP contribution >= 0.6 is 0 Å². The molecule has 0 spiro atoms. The summed E-state index contributed by atoms with van der Waals surface area (Å²) in [4.78, 5) is 16.8. The number of nitrogens with zero attached hydrogens (tertiary/aromatic N) is 2. The second-order valence-electron chi connectivity index (χ2n) is 7.62. The first-order valence-electron chi connectivity index (χ1n) is 9.74. The highest BCUT2D eigenvalue weighted by molar-refractivity contribution is 5.74. The Balaban J connectivity index is 1.19. The number of rotatable bonds is 4. The maximum Gasteiger partial charge on any atom is 0.317 e. The average Bonchev–Trinajstić information content (AvgIpc) is 2.65. The van der Waals surface area contributed by atoms with Crippen LogP contribution in [-0.4, -0.2) is 48.1 Å². The third kappa shape index (κ3) is 4.48. The van der Waals surface area contributed by atoms with Gasteiger partial charge in [0.2, 0.25) is 0 Å². The Morgan fingerprint density at radius 1 is 1.00 bits per heavy atom. The summed E-state index contributed by atoms with van der Waals surface area (Å²) in [5.41, 5.74) is 2.35. The van der Waals surface area contributed by atoms with Crippen LogP contribution in [-0.2, 0) is 6.54 Å². The fourth-order valence-corrected chi connectivity index (χ4v) is 3.98. The first-order chi connectivity index (χ1) is 13.2. The number of hydrogen-bond donors (Lipinski definition) is 1. The van der Waals surface area contributed by atoms with Crippen molar-refractivity contribution in [3.63, 3.8) is 0 Å². The van der Waals surface area contributed by atoms with Gasteiger partial charge in [0, 0.05) is 38.8 Å². The highest BCUT2D eigenvalue weighted by atomic mass is 19.1. The number of hydrogen-bond acceptors (Lipinski definition) is 2. The summed E-state index contributed by atoms with van der Waals surface area (Å²) < 4.78 is 13.3. The first kappa shape index (κ1) is 18.0. The Hall–Kier alpha value is -2.40. The molecule has 0 unspecified atom stereocenters. The van der Waals surface area contributed by atoms with Crippen molar-refractivity contribution in [1.29, 1.82) is 0 Å². The molecule has 1 aliphatic carbocycles. The summed E-state index contributed by atoms with van der Waals surface area (Å²) in [6.07, 6.45) is 1.78. The molecule has 1 heterocycles. The number of carbonyl (C=O) groups is 1. The zero-order valence-electron chi connectivity index (χ0n) is 15.5. The van der Waals surface area contributed by atoms with Gasteiger partial charge in [-0.1, -0.05) is 42.5 Å². The summed E-state index contributed by atoms with van der Waals surface area (Å²) in [7, 11) is 0. The molecular weight excluding hydrogens is 341 g/mol. The minimum absolute atomic E-state index is 0.0389. The lowest BCUT2D eigenvalue weighted by atomic mass is 9.76. The van der Waals surface area contributed by atoms with Crippen molar-refractivity contribution < 1.29 is 9.18 Å². The Morgan fingerprint density at radius 3 is 2.44 bits per heavy atom. The van der Waals surface area contributed by atoms with Crippen LogP contribution in [0.2, 0.25) is 0 Å². The highest BCUT2D eigenvalue weighted by Crippen LogP contribution is 2.37. The third-order valence-electron chi connectivity index (χ3n) is 5.69. The van der Waals surface area contributed by atoms with E-state index in [2.05, 4.69) is 34.5 Å². The molecule has 142 valence electrons. The van der Waals surface area contributed by atoms with E-state index in [1.165, 1.54) is 11.6 Å². The quantitative estimate of drug-likeness (QED) is 0.896. The molecule has 1 N–H and O–H groups in total. The van der Waals surface area contributed by atoms with Gasteiger partial charge in [-0.2, -0.15) is 0 Å². The van der Waals surface area contributed by atoms with Gasteiger partial charge in [0.1, 0.15) is 5.82 Å². The van der Waals surface area contributed by atoms with Gasteiger partial charge in [-0.3, -0.25) is 4.90 Å². The molecule has 2 amide bonds. The Bertz CT molecular complexity index is 768. The molecular formula is C22H26FN3O. The van der Waals surface area contributed by atoms with E-state index in [1.54, 1.807) is 12.1 Å². The summed E-state index contributed by atoms with van der Waals surface area (Å²) >= 11 is 0. The SMILES string of the molecule is O=C(NC1CC(c2cccc(F)c2)C1)N1CCN(Cc2ccccc2)CC1. The van der Waals surface area contributed by atoms with Crippen molar-refractivity contribution in [3.05, 3.63) is 71.5 Å². The second kappa shape index (κ2) is 8.09. The van der Waals surface area contributed by atoms with E-state index in [0.29, 0.717) is 5.92 Å². The zero-order chi connectivity index (χ0) is 18.6. The number of carbonyl (C=O) groups excluding carboxylic acids is 1. The van der Waals surface area contributed by atoms with Crippen LogP contribution in [0.1, 0.15) is 29.9 Å². The van der Waals surface area contributed by atoms with Crippen LogP contribution < -0.4 is 5.32 Å². The van der Waals surface area contributed by atoms with E-state index in [-0.39, 0.29) is 17.9 Å². The molecule has 4 rings (SSSR count). The minimum Gasteiger partial charge on any atom is -0.335 e. The molecule has 5 heteroatoms. The molecule has 1 saturated heterocycles. The van der Waals surface area contributed by atoms with Crippen molar-refractivity contribution in [2.75, 3.05) is 26.2 Å². The predicted molar refractivity (Wildman–Crippen MR) is 104 cm³/mol. The molecule has 0 atom stereocenters. The lowest BCUT2D eigenvalue weighted by Gasteiger charge is -2.39. The van der Waals surface area contributed by atoms with Crippen LogP contribution in [0.3, 0.4) is 0 Å². The van der Waals surface area contributed by atoms with E-state index >= 15 is 0 Å². The van der Waals surface area contributed by atoms with E-state index in [4.69, 9.17) is 0 Å². The fourth-order valence-electron chi connectivity index (χ4n) is 3.98. The smallest absolute Gasteiger partial charge is 0.317 e. The topological polar surface area (TPSA) is 35.6 Å². The van der Waals surface area contributed by atoms with E-state index < -0.39 is 0 Å². The number of halogens is 1. The van der Waals surface area contributed by atoms with Gasteiger partial charge in [0.15, 0.2) is 0 Å². The normalized spacial score (nSPS) is 22.9. The monoisotopic (exact) mass is 367 g/mol. The molecule has 1 aliphatic heterocycles. The van der Waals surface area contributed by atoms with Gasteiger partial charge in [0.05, 0.1) is 0 Å². The Labute approximate surface area is 160 Å². The summed E-state index contributed by atoms with van der Waals surface area (Å²) in [6, 6.07) is 17.5. The molecule has 27 heavy (non-hydrogen) atoms. The van der Waals surface area contributed by atoms with Crippen molar-refractivity contribution >= 4 is 6.03 Å². The molecule has 2 fully saturated rings. The average molecular weight is 367 g/mol. The minimum atomic E-state index is -0.187. The molecule has 4 nitrogen and oxygen atoms in total. The van der Waals surface area contributed by atoms with Crippen LogP contribution in [0, 0.1) is 5.82 Å². The van der Waals surface area contributed by atoms with Crippen molar-refractivity contribution in [2.24, 2.45) is 0 Å². The number of nitrogens with one attached hydrogen (secondary N) is 1. The third-order valence-corrected chi connectivity index (χ3v) is 5.69. The largest absolute Gasteiger partial charge is 0.335 e. The number of urea groups is 1. The van der Waals surface area contributed by atoms with Crippen molar-refractivity contribution in [2.45, 2.75) is 31.3 Å². The lowest BCUT2D eigenvalue weighted by molar-refractivity contribution is 0.129. The van der Waals surface area contributed by atoms with Crippen LogP contribution in [0.25, 0.3) is 0 Å². The maximum atomic E-state index is 13.3. The molecule has 0 radical (unpaired) electrons. The van der Waals surface area contributed by atoms with Crippen molar-refractivity contribution in [1.82, 2.24) is 15.1 Å². The van der Waals surface area contributed by atoms with Gasteiger partial charge >= 0.3 is 6.03 Å².